The standard InChI is InChI=1S/C20H20ClNO2/c1-12-8-18(23)19-20(10-12)15(13(2)11-24-20)9-17(22(19)3)14-6-4-5-7-16(14)21/h4-7,9-10,19H,8,11H2,1-3H3. The molecule has 0 aromatic heterocycles. The van der Waals surface area contributed by atoms with Gasteiger partial charge in [-0.3, -0.25) is 4.79 Å². The van der Waals surface area contributed by atoms with Crippen LogP contribution in [0.1, 0.15) is 25.8 Å². The van der Waals surface area contributed by atoms with E-state index in [1.165, 1.54) is 5.57 Å². The largest absolute Gasteiger partial charge is 0.361 e. The Hall–Kier alpha value is -1.84. The first-order chi connectivity index (χ1) is 11.4. The van der Waals surface area contributed by atoms with Crippen molar-refractivity contribution in [3.8, 4) is 0 Å². The monoisotopic (exact) mass is 341 g/mol. The number of Topliss-reactive ketones (excluding diaryl/α,β-unsaturated/α-hetero) is 1. The van der Waals surface area contributed by atoms with E-state index in [1.807, 2.05) is 43.1 Å². The lowest BCUT2D eigenvalue weighted by Crippen LogP contribution is -2.59. The third-order valence-electron chi connectivity index (χ3n) is 5.23. The molecule has 124 valence electrons. The second-order valence-corrected chi connectivity index (χ2v) is 7.34. The van der Waals surface area contributed by atoms with Gasteiger partial charge >= 0.3 is 0 Å². The maximum absolute atomic E-state index is 12.9. The summed E-state index contributed by atoms with van der Waals surface area (Å²) >= 11 is 6.42. The fraction of sp³-hybridized carbons (Fsp3) is 0.350. The number of halogens is 1. The second kappa shape index (κ2) is 5.33. The highest BCUT2D eigenvalue weighted by Gasteiger charge is 2.55. The summed E-state index contributed by atoms with van der Waals surface area (Å²) in [4.78, 5) is 14.9. The Morgan fingerprint density at radius 2 is 2.04 bits per heavy atom. The summed E-state index contributed by atoms with van der Waals surface area (Å²) < 4.78 is 6.20. The summed E-state index contributed by atoms with van der Waals surface area (Å²) in [6.07, 6.45) is 4.76. The molecule has 1 aromatic carbocycles. The van der Waals surface area contributed by atoms with Crippen LogP contribution in [0.3, 0.4) is 0 Å². The smallest absolute Gasteiger partial charge is 0.162 e. The third kappa shape index (κ3) is 2.04. The van der Waals surface area contributed by atoms with Crippen molar-refractivity contribution in [2.45, 2.75) is 31.9 Å². The Bertz CT molecular complexity index is 836. The number of allylic oxidation sites excluding steroid dienone is 1. The van der Waals surface area contributed by atoms with Gasteiger partial charge in [-0.05, 0) is 43.2 Å². The molecule has 0 fully saturated rings. The summed E-state index contributed by atoms with van der Waals surface area (Å²) in [6.45, 7) is 4.64. The van der Waals surface area contributed by atoms with Crippen molar-refractivity contribution in [1.82, 2.24) is 4.90 Å². The summed E-state index contributed by atoms with van der Waals surface area (Å²) in [7, 11) is 1.96. The Labute approximate surface area is 147 Å². The fourth-order valence-electron chi connectivity index (χ4n) is 4.22. The number of carbonyl (C=O) groups excluding carboxylic acids is 1. The van der Waals surface area contributed by atoms with Gasteiger partial charge in [0.15, 0.2) is 5.78 Å². The second-order valence-electron chi connectivity index (χ2n) is 6.93. The molecule has 4 rings (SSSR count). The third-order valence-corrected chi connectivity index (χ3v) is 5.56. The molecule has 3 nitrogen and oxygen atoms in total. The van der Waals surface area contributed by atoms with Crippen LogP contribution in [0.2, 0.25) is 5.02 Å². The summed E-state index contributed by atoms with van der Waals surface area (Å²) in [5.41, 5.74) is 4.63. The molecule has 1 aromatic rings. The number of rotatable bonds is 1. The van der Waals surface area contributed by atoms with Crippen molar-refractivity contribution >= 4 is 23.1 Å². The Morgan fingerprint density at radius 3 is 2.79 bits per heavy atom. The molecular formula is C20H20ClNO2. The SMILES string of the molecule is CC1=CC23OCC(C)=C2C=C(c2ccccc2Cl)N(C)C3C(=O)C1. The van der Waals surface area contributed by atoms with Gasteiger partial charge in [0.25, 0.3) is 0 Å². The van der Waals surface area contributed by atoms with Crippen LogP contribution in [0.5, 0.6) is 0 Å². The lowest BCUT2D eigenvalue weighted by molar-refractivity contribution is -0.130. The minimum atomic E-state index is -0.650. The molecule has 0 bridgehead atoms. The minimum Gasteiger partial charge on any atom is -0.361 e. The zero-order valence-corrected chi connectivity index (χ0v) is 14.9. The van der Waals surface area contributed by atoms with Gasteiger partial charge in [-0.1, -0.05) is 35.4 Å². The van der Waals surface area contributed by atoms with Crippen molar-refractivity contribution in [2.24, 2.45) is 0 Å². The Kier molecular flexibility index (Phi) is 3.48. The van der Waals surface area contributed by atoms with E-state index < -0.39 is 5.60 Å². The predicted molar refractivity (Wildman–Crippen MR) is 95.7 cm³/mol. The van der Waals surface area contributed by atoms with Gasteiger partial charge in [-0.15, -0.1) is 0 Å². The first kappa shape index (κ1) is 15.7. The first-order valence-electron chi connectivity index (χ1n) is 8.18. The minimum absolute atomic E-state index is 0.197. The summed E-state index contributed by atoms with van der Waals surface area (Å²) in [6, 6.07) is 7.42. The van der Waals surface area contributed by atoms with Crippen molar-refractivity contribution in [2.75, 3.05) is 13.7 Å². The predicted octanol–water partition coefficient (Wildman–Crippen LogP) is 4.00. The first-order valence-corrected chi connectivity index (χ1v) is 8.56. The number of benzene rings is 1. The number of nitrogens with zero attached hydrogens (tertiary/aromatic N) is 1. The van der Waals surface area contributed by atoms with E-state index in [0.717, 1.165) is 22.4 Å². The maximum Gasteiger partial charge on any atom is 0.162 e. The topological polar surface area (TPSA) is 29.5 Å². The molecule has 4 heteroatoms. The van der Waals surface area contributed by atoms with Crippen LogP contribution in [0.15, 0.2) is 53.1 Å². The molecule has 3 aliphatic rings. The highest BCUT2D eigenvalue weighted by Crippen LogP contribution is 2.49. The molecule has 0 amide bonds. The van der Waals surface area contributed by atoms with Gasteiger partial charge < -0.3 is 9.64 Å². The number of carbonyl (C=O) groups is 1. The van der Waals surface area contributed by atoms with Gasteiger partial charge in [0, 0.05) is 29.8 Å². The van der Waals surface area contributed by atoms with Crippen LogP contribution in [0, 0.1) is 0 Å². The van der Waals surface area contributed by atoms with Gasteiger partial charge in [0.05, 0.1) is 6.61 Å². The molecule has 2 atom stereocenters. The molecule has 1 aliphatic carbocycles. The van der Waals surface area contributed by atoms with Crippen LogP contribution in [0.25, 0.3) is 5.70 Å². The van der Waals surface area contributed by atoms with Gasteiger partial charge in [0.1, 0.15) is 11.6 Å². The zero-order chi connectivity index (χ0) is 17.1. The molecule has 0 saturated heterocycles. The van der Waals surface area contributed by atoms with Gasteiger partial charge in [0.2, 0.25) is 0 Å². The Morgan fingerprint density at radius 1 is 1.29 bits per heavy atom. The number of likely N-dealkylation sites (N-methyl/N-ethyl adjacent to an activating group) is 1. The maximum atomic E-state index is 12.9. The lowest BCUT2D eigenvalue weighted by Gasteiger charge is -2.48. The summed E-state index contributed by atoms with van der Waals surface area (Å²) in [5.74, 6) is 0.197. The van der Waals surface area contributed by atoms with E-state index in [1.54, 1.807) is 0 Å². The fourth-order valence-corrected chi connectivity index (χ4v) is 4.46. The lowest BCUT2D eigenvalue weighted by atomic mass is 9.73. The number of ether oxygens (including phenoxy) is 1. The molecule has 0 radical (unpaired) electrons. The van der Waals surface area contributed by atoms with Crippen LogP contribution < -0.4 is 0 Å². The molecule has 2 unspecified atom stereocenters. The van der Waals surface area contributed by atoms with E-state index in [9.17, 15) is 4.79 Å². The molecule has 1 spiro atoms. The highest BCUT2D eigenvalue weighted by atomic mass is 35.5. The molecular weight excluding hydrogens is 322 g/mol. The summed E-state index contributed by atoms with van der Waals surface area (Å²) in [5, 5.41) is 0.690. The molecule has 24 heavy (non-hydrogen) atoms. The van der Waals surface area contributed by atoms with Crippen LogP contribution >= 0.6 is 11.6 Å². The van der Waals surface area contributed by atoms with E-state index in [2.05, 4.69) is 19.1 Å². The Balaban J connectivity index is 1.96. The van der Waals surface area contributed by atoms with E-state index in [4.69, 9.17) is 16.3 Å². The molecule has 2 heterocycles. The van der Waals surface area contributed by atoms with Crippen molar-refractivity contribution < 1.29 is 9.53 Å². The number of hydrogen-bond donors (Lipinski definition) is 0. The normalized spacial score (nSPS) is 29.2. The van der Waals surface area contributed by atoms with E-state index >= 15 is 0 Å². The molecule has 0 saturated carbocycles. The van der Waals surface area contributed by atoms with Crippen molar-refractivity contribution in [3.05, 3.63) is 63.7 Å². The van der Waals surface area contributed by atoms with Crippen LogP contribution in [0.4, 0.5) is 0 Å². The quantitative estimate of drug-likeness (QED) is 0.723. The average Bonchev–Trinajstić information content (AvgIpc) is 2.82. The van der Waals surface area contributed by atoms with Gasteiger partial charge in [-0.25, -0.2) is 0 Å². The molecule has 2 aliphatic heterocycles. The van der Waals surface area contributed by atoms with E-state index in [0.29, 0.717) is 18.1 Å². The highest BCUT2D eigenvalue weighted by molar-refractivity contribution is 6.32. The molecule has 0 N–H and O–H groups in total. The number of ketones is 1. The van der Waals surface area contributed by atoms with Crippen molar-refractivity contribution in [3.63, 3.8) is 0 Å². The van der Waals surface area contributed by atoms with Crippen LogP contribution in [-0.2, 0) is 9.53 Å². The van der Waals surface area contributed by atoms with Gasteiger partial charge in [-0.2, -0.15) is 0 Å². The number of hydrogen-bond acceptors (Lipinski definition) is 3. The van der Waals surface area contributed by atoms with Crippen LogP contribution in [-0.4, -0.2) is 36.0 Å². The van der Waals surface area contributed by atoms with Crippen molar-refractivity contribution in [1.29, 1.82) is 0 Å². The zero-order valence-electron chi connectivity index (χ0n) is 14.1. The van der Waals surface area contributed by atoms with E-state index in [-0.39, 0.29) is 11.8 Å². The average molecular weight is 342 g/mol.